The summed E-state index contributed by atoms with van der Waals surface area (Å²) in [5, 5.41) is 10.9. The molecule has 0 spiro atoms. The van der Waals surface area contributed by atoms with Gasteiger partial charge in [-0.3, -0.25) is 0 Å². The Bertz CT molecular complexity index is 423. The van der Waals surface area contributed by atoms with Crippen LogP contribution in [0.4, 0.5) is 0 Å². The van der Waals surface area contributed by atoms with Crippen molar-refractivity contribution in [3.05, 3.63) is 42.0 Å². The summed E-state index contributed by atoms with van der Waals surface area (Å²) < 4.78 is 5.98. The van der Waals surface area contributed by atoms with Crippen molar-refractivity contribution in [3.8, 4) is 5.75 Å². The van der Waals surface area contributed by atoms with Crippen LogP contribution < -0.4 is 28.7 Å². The first-order chi connectivity index (χ1) is 8.80. The van der Waals surface area contributed by atoms with Gasteiger partial charge in [0.05, 0.1) is 34.8 Å². The minimum absolute atomic E-state index is 0. The Balaban J connectivity index is 0.00000361. The van der Waals surface area contributed by atoms with Gasteiger partial charge in [-0.1, -0.05) is 24.3 Å². The van der Waals surface area contributed by atoms with E-state index in [9.17, 15) is 5.11 Å². The van der Waals surface area contributed by atoms with Gasteiger partial charge in [0, 0.05) is 6.42 Å². The SMILES string of the molecule is CC=CC(O)(CC[N+](C)(C)C)c1ccc(OC)cc1.[I-]. The van der Waals surface area contributed by atoms with E-state index in [0.717, 1.165) is 22.3 Å². The number of halogens is 1. The molecule has 0 bridgehead atoms. The maximum absolute atomic E-state index is 10.9. The third-order valence-corrected chi connectivity index (χ3v) is 3.20. The van der Waals surface area contributed by atoms with Gasteiger partial charge < -0.3 is 38.3 Å². The fourth-order valence-electron chi connectivity index (χ4n) is 1.99. The van der Waals surface area contributed by atoms with Crippen molar-refractivity contribution in [3.63, 3.8) is 0 Å². The molecule has 0 radical (unpaired) electrons. The van der Waals surface area contributed by atoms with Crippen LogP contribution in [0.5, 0.6) is 5.75 Å². The number of allylic oxidation sites excluding steroid dienone is 1. The second-order valence-corrected chi connectivity index (χ2v) is 5.92. The van der Waals surface area contributed by atoms with Gasteiger partial charge in [0.25, 0.3) is 0 Å². The normalized spacial score (nSPS) is 14.7. The van der Waals surface area contributed by atoms with E-state index in [-0.39, 0.29) is 24.0 Å². The van der Waals surface area contributed by atoms with Gasteiger partial charge in [-0.2, -0.15) is 0 Å². The minimum atomic E-state index is -0.910. The lowest BCUT2D eigenvalue weighted by molar-refractivity contribution is -0.871. The van der Waals surface area contributed by atoms with E-state index in [1.807, 2.05) is 43.3 Å². The van der Waals surface area contributed by atoms with E-state index < -0.39 is 5.60 Å². The molecule has 3 nitrogen and oxygen atoms in total. The third-order valence-electron chi connectivity index (χ3n) is 3.20. The average molecular weight is 391 g/mol. The summed E-state index contributed by atoms with van der Waals surface area (Å²) in [4.78, 5) is 0. The van der Waals surface area contributed by atoms with Crippen molar-refractivity contribution in [2.24, 2.45) is 0 Å². The quantitative estimate of drug-likeness (QED) is 0.405. The molecule has 1 aromatic carbocycles. The maximum Gasteiger partial charge on any atom is 0.118 e. The van der Waals surface area contributed by atoms with E-state index in [2.05, 4.69) is 21.1 Å². The van der Waals surface area contributed by atoms with Gasteiger partial charge in [0.2, 0.25) is 0 Å². The summed E-state index contributed by atoms with van der Waals surface area (Å²) in [7, 11) is 8.03. The lowest BCUT2D eigenvalue weighted by Crippen LogP contribution is -3.00. The van der Waals surface area contributed by atoms with Gasteiger partial charge in [0.15, 0.2) is 0 Å². The number of nitrogens with zero attached hydrogens (tertiary/aromatic N) is 1. The van der Waals surface area contributed by atoms with Crippen molar-refractivity contribution >= 4 is 0 Å². The van der Waals surface area contributed by atoms with Gasteiger partial charge >= 0.3 is 0 Å². The van der Waals surface area contributed by atoms with Crippen LogP contribution in [0, 0.1) is 0 Å². The number of quaternary nitrogens is 1. The molecule has 0 fully saturated rings. The summed E-state index contributed by atoms with van der Waals surface area (Å²) in [5.74, 6) is 0.804. The molecule has 1 atom stereocenters. The molecule has 0 aliphatic heterocycles. The largest absolute Gasteiger partial charge is 1.00 e. The van der Waals surface area contributed by atoms with Crippen LogP contribution in [-0.2, 0) is 5.60 Å². The zero-order chi connectivity index (χ0) is 14.5. The van der Waals surface area contributed by atoms with Gasteiger partial charge in [0.1, 0.15) is 11.4 Å². The summed E-state index contributed by atoms with van der Waals surface area (Å²) in [6, 6.07) is 7.62. The monoisotopic (exact) mass is 391 g/mol. The standard InChI is InChI=1S/C16H26NO2.HI/c1-6-11-16(18,12-13-17(2,3)4)14-7-9-15(19-5)10-8-14;/h6-11,18H,12-13H2,1-5H3;1H/q+1;/p-1. The summed E-state index contributed by atoms with van der Waals surface area (Å²) in [6.07, 6.45) is 4.46. The zero-order valence-corrected chi connectivity index (χ0v) is 15.2. The molecule has 0 amide bonds. The van der Waals surface area contributed by atoms with Crippen molar-refractivity contribution in [2.45, 2.75) is 18.9 Å². The van der Waals surface area contributed by atoms with E-state index in [4.69, 9.17) is 4.74 Å². The zero-order valence-electron chi connectivity index (χ0n) is 13.1. The molecule has 0 aromatic heterocycles. The van der Waals surface area contributed by atoms with E-state index >= 15 is 0 Å². The average Bonchev–Trinajstić information content (AvgIpc) is 2.36. The highest BCUT2D eigenvalue weighted by Crippen LogP contribution is 2.29. The molecule has 1 N–H and O–H groups in total. The number of methoxy groups -OCH3 is 1. The Hall–Kier alpha value is -0.590. The second-order valence-electron chi connectivity index (χ2n) is 5.92. The van der Waals surface area contributed by atoms with E-state index in [1.165, 1.54) is 0 Å². The smallest absolute Gasteiger partial charge is 0.118 e. The Morgan fingerprint density at radius 1 is 1.20 bits per heavy atom. The molecular weight excluding hydrogens is 365 g/mol. The lowest BCUT2D eigenvalue weighted by Gasteiger charge is -2.31. The first-order valence-corrected chi connectivity index (χ1v) is 6.62. The Kier molecular flexibility index (Phi) is 7.76. The van der Waals surface area contributed by atoms with Crippen molar-refractivity contribution in [2.75, 3.05) is 34.8 Å². The fourth-order valence-corrected chi connectivity index (χ4v) is 1.99. The van der Waals surface area contributed by atoms with E-state index in [1.54, 1.807) is 7.11 Å². The summed E-state index contributed by atoms with van der Waals surface area (Å²) in [6.45, 7) is 2.83. The first-order valence-electron chi connectivity index (χ1n) is 6.62. The topological polar surface area (TPSA) is 29.5 Å². The van der Waals surface area contributed by atoms with Crippen LogP contribution in [0.3, 0.4) is 0 Å². The molecule has 20 heavy (non-hydrogen) atoms. The summed E-state index contributed by atoms with van der Waals surface area (Å²) in [5.41, 5.74) is -0.00753. The number of rotatable bonds is 6. The second kappa shape index (κ2) is 8.00. The maximum atomic E-state index is 10.9. The van der Waals surface area contributed by atoms with Crippen molar-refractivity contribution < 1.29 is 38.3 Å². The molecule has 0 heterocycles. The van der Waals surface area contributed by atoms with Crippen LogP contribution in [0.2, 0.25) is 0 Å². The predicted octanol–water partition coefficient (Wildman–Crippen LogP) is -0.441. The van der Waals surface area contributed by atoms with Crippen LogP contribution >= 0.6 is 0 Å². The molecular formula is C16H26INO2. The number of hydrogen-bond donors (Lipinski definition) is 1. The van der Waals surface area contributed by atoms with Crippen molar-refractivity contribution in [1.82, 2.24) is 0 Å². The van der Waals surface area contributed by atoms with E-state index in [0.29, 0.717) is 6.42 Å². The molecule has 0 aliphatic carbocycles. The van der Waals surface area contributed by atoms with Crippen LogP contribution in [0.1, 0.15) is 18.9 Å². The molecule has 1 aromatic rings. The van der Waals surface area contributed by atoms with Gasteiger partial charge in [-0.15, -0.1) is 0 Å². The van der Waals surface area contributed by atoms with Gasteiger partial charge in [-0.05, 0) is 24.6 Å². The predicted molar refractivity (Wildman–Crippen MR) is 79.2 cm³/mol. The molecule has 1 rings (SSSR count). The van der Waals surface area contributed by atoms with Crippen LogP contribution in [0.25, 0.3) is 0 Å². The molecule has 4 heteroatoms. The molecule has 114 valence electrons. The highest BCUT2D eigenvalue weighted by Gasteiger charge is 2.28. The van der Waals surface area contributed by atoms with Gasteiger partial charge in [-0.25, -0.2) is 0 Å². The van der Waals surface area contributed by atoms with Crippen molar-refractivity contribution in [1.29, 1.82) is 0 Å². The number of aliphatic hydroxyl groups is 1. The molecule has 0 saturated heterocycles. The highest BCUT2D eigenvalue weighted by molar-refractivity contribution is 5.33. The Morgan fingerprint density at radius 2 is 1.75 bits per heavy atom. The Labute approximate surface area is 139 Å². The molecule has 0 saturated carbocycles. The number of benzene rings is 1. The molecule has 0 aliphatic rings. The lowest BCUT2D eigenvalue weighted by atomic mass is 9.89. The number of hydrogen-bond acceptors (Lipinski definition) is 2. The Morgan fingerprint density at radius 3 is 2.15 bits per heavy atom. The highest BCUT2D eigenvalue weighted by atomic mass is 127. The number of ether oxygens (including phenoxy) is 1. The first kappa shape index (κ1) is 19.4. The fraction of sp³-hybridized carbons (Fsp3) is 0.500. The third kappa shape index (κ3) is 5.81. The van der Waals surface area contributed by atoms with Crippen LogP contribution in [-0.4, -0.2) is 44.4 Å². The minimum Gasteiger partial charge on any atom is -1.00 e. The molecule has 1 unspecified atom stereocenters. The van der Waals surface area contributed by atoms with Crippen LogP contribution in [0.15, 0.2) is 36.4 Å². The summed E-state index contributed by atoms with van der Waals surface area (Å²) >= 11 is 0.